The fraction of sp³-hybridized carbons (Fsp3) is 0.650. The predicted octanol–water partition coefficient (Wildman–Crippen LogP) is 1.99. The fourth-order valence-electron chi connectivity index (χ4n) is 4.06. The van der Waals surface area contributed by atoms with Crippen LogP contribution in [-0.2, 0) is 0 Å². The Labute approximate surface area is 156 Å². The SMILES string of the molecule is COc1ccc(C(=O)N[C@H]2CCCN(C3CCN(C)CC3)C2)cc1OC. The number of hydrogen-bond acceptors (Lipinski definition) is 5. The Balaban J connectivity index is 1.58. The first kappa shape index (κ1) is 19.0. The number of amides is 1. The Morgan fingerprint density at radius 1 is 1.08 bits per heavy atom. The van der Waals surface area contributed by atoms with Crippen molar-refractivity contribution in [3.63, 3.8) is 0 Å². The smallest absolute Gasteiger partial charge is 0.251 e. The van der Waals surface area contributed by atoms with Crippen molar-refractivity contribution in [3.05, 3.63) is 23.8 Å². The molecule has 0 radical (unpaired) electrons. The number of benzene rings is 1. The Bertz CT molecular complexity index is 614. The highest BCUT2D eigenvalue weighted by Gasteiger charge is 2.29. The molecule has 1 atom stereocenters. The van der Waals surface area contributed by atoms with Crippen LogP contribution in [0.25, 0.3) is 0 Å². The van der Waals surface area contributed by atoms with Crippen molar-refractivity contribution in [3.8, 4) is 11.5 Å². The van der Waals surface area contributed by atoms with Crippen LogP contribution in [0.4, 0.5) is 0 Å². The van der Waals surface area contributed by atoms with E-state index in [4.69, 9.17) is 9.47 Å². The van der Waals surface area contributed by atoms with Gasteiger partial charge in [-0.3, -0.25) is 9.69 Å². The minimum atomic E-state index is -0.0406. The molecule has 0 saturated carbocycles. The summed E-state index contributed by atoms with van der Waals surface area (Å²) >= 11 is 0. The molecular formula is C20H31N3O3. The van der Waals surface area contributed by atoms with Gasteiger partial charge in [0.25, 0.3) is 5.91 Å². The fourth-order valence-corrected chi connectivity index (χ4v) is 4.06. The molecule has 2 aliphatic rings. The Morgan fingerprint density at radius 3 is 2.50 bits per heavy atom. The average Bonchev–Trinajstić information content (AvgIpc) is 2.68. The van der Waals surface area contributed by atoms with Crippen LogP contribution in [-0.4, -0.2) is 75.2 Å². The molecule has 26 heavy (non-hydrogen) atoms. The summed E-state index contributed by atoms with van der Waals surface area (Å²) in [6, 6.07) is 6.18. The second kappa shape index (κ2) is 8.73. The van der Waals surface area contributed by atoms with Gasteiger partial charge in [0.1, 0.15) is 0 Å². The first-order valence-corrected chi connectivity index (χ1v) is 9.56. The number of carbonyl (C=O) groups excluding carboxylic acids is 1. The molecule has 3 rings (SSSR count). The van der Waals surface area contributed by atoms with E-state index in [1.165, 1.54) is 25.9 Å². The van der Waals surface area contributed by atoms with Gasteiger partial charge in [-0.1, -0.05) is 0 Å². The number of likely N-dealkylation sites (tertiary alicyclic amines) is 2. The zero-order chi connectivity index (χ0) is 18.5. The van der Waals surface area contributed by atoms with E-state index in [-0.39, 0.29) is 11.9 Å². The molecule has 0 bridgehead atoms. The lowest BCUT2D eigenvalue weighted by Gasteiger charge is -2.41. The van der Waals surface area contributed by atoms with Gasteiger partial charge in [0.2, 0.25) is 0 Å². The van der Waals surface area contributed by atoms with Gasteiger partial charge in [0.15, 0.2) is 11.5 Å². The molecule has 144 valence electrons. The lowest BCUT2D eigenvalue weighted by Crippen LogP contribution is -2.53. The van der Waals surface area contributed by atoms with Crippen LogP contribution in [0.1, 0.15) is 36.0 Å². The number of hydrogen-bond donors (Lipinski definition) is 1. The lowest BCUT2D eigenvalue weighted by atomic mass is 9.98. The first-order valence-electron chi connectivity index (χ1n) is 9.56. The molecule has 0 unspecified atom stereocenters. The summed E-state index contributed by atoms with van der Waals surface area (Å²) in [6.45, 7) is 4.44. The van der Waals surface area contributed by atoms with Gasteiger partial charge in [-0.25, -0.2) is 0 Å². The predicted molar refractivity (Wildman–Crippen MR) is 102 cm³/mol. The van der Waals surface area contributed by atoms with Crippen LogP contribution in [0.5, 0.6) is 11.5 Å². The maximum atomic E-state index is 12.7. The van der Waals surface area contributed by atoms with E-state index in [0.717, 1.165) is 25.9 Å². The highest BCUT2D eigenvalue weighted by molar-refractivity contribution is 5.95. The van der Waals surface area contributed by atoms with Crippen molar-refractivity contribution in [2.75, 3.05) is 47.4 Å². The maximum absolute atomic E-state index is 12.7. The number of rotatable bonds is 5. The van der Waals surface area contributed by atoms with Crippen LogP contribution >= 0.6 is 0 Å². The minimum Gasteiger partial charge on any atom is -0.493 e. The molecular weight excluding hydrogens is 330 g/mol. The van der Waals surface area contributed by atoms with Crippen molar-refractivity contribution in [2.45, 2.75) is 37.8 Å². The van der Waals surface area contributed by atoms with E-state index in [1.807, 2.05) is 0 Å². The number of piperidine rings is 2. The second-order valence-corrected chi connectivity index (χ2v) is 7.41. The molecule has 1 aromatic carbocycles. The quantitative estimate of drug-likeness (QED) is 0.869. The number of carbonyl (C=O) groups is 1. The van der Waals surface area contributed by atoms with Gasteiger partial charge >= 0.3 is 0 Å². The summed E-state index contributed by atoms with van der Waals surface area (Å²) in [5.41, 5.74) is 0.610. The van der Waals surface area contributed by atoms with Crippen molar-refractivity contribution in [1.82, 2.24) is 15.1 Å². The third kappa shape index (κ3) is 4.48. The summed E-state index contributed by atoms with van der Waals surface area (Å²) in [5.74, 6) is 1.17. The third-order valence-electron chi connectivity index (χ3n) is 5.64. The molecule has 1 aromatic rings. The molecule has 1 amide bonds. The minimum absolute atomic E-state index is 0.0406. The second-order valence-electron chi connectivity index (χ2n) is 7.41. The molecule has 2 heterocycles. The molecule has 2 aliphatic heterocycles. The average molecular weight is 361 g/mol. The first-order chi connectivity index (χ1) is 12.6. The van der Waals surface area contributed by atoms with Gasteiger partial charge in [-0.2, -0.15) is 0 Å². The zero-order valence-corrected chi connectivity index (χ0v) is 16.2. The summed E-state index contributed by atoms with van der Waals surface area (Å²) < 4.78 is 10.5. The van der Waals surface area contributed by atoms with Crippen molar-refractivity contribution < 1.29 is 14.3 Å². The largest absolute Gasteiger partial charge is 0.493 e. The van der Waals surface area contributed by atoms with Crippen molar-refractivity contribution in [2.24, 2.45) is 0 Å². The normalized spacial score (nSPS) is 22.8. The van der Waals surface area contributed by atoms with Crippen LogP contribution < -0.4 is 14.8 Å². The summed E-state index contributed by atoms with van der Waals surface area (Å²) in [6.07, 6.45) is 4.64. The van der Waals surface area contributed by atoms with Gasteiger partial charge in [0.05, 0.1) is 14.2 Å². The molecule has 2 saturated heterocycles. The molecule has 2 fully saturated rings. The van der Waals surface area contributed by atoms with Crippen LogP contribution in [0.15, 0.2) is 18.2 Å². The van der Waals surface area contributed by atoms with Gasteiger partial charge in [-0.05, 0) is 70.6 Å². The number of nitrogens with one attached hydrogen (secondary N) is 1. The van der Waals surface area contributed by atoms with Crippen LogP contribution in [0.3, 0.4) is 0 Å². The Kier molecular flexibility index (Phi) is 6.38. The summed E-state index contributed by atoms with van der Waals surface area (Å²) in [5, 5.41) is 3.21. The molecule has 6 nitrogen and oxygen atoms in total. The standard InChI is InChI=1S/C20H31N3O3/c1-22-11-8-17(9-12-22)23-10-4-5-16(14-23)21-20(24)15-6-7-18(25-2)19(13-15)26-3/h6-7,13,16-17H,4-5,8-12,14H2,1-3H3,(H,21,24)/t16-/m0/s1. The molecule has 1 N–H and O–H groups in total. The molecule has 0 spiro atoms. The van der Waals surface area contributed by atoms with E-state index < -0.39 is 0 Å². The lowest BCUT2D eigenvalue weighted by molar-refractivity contribution is 0.0766. The van der Waals surface area contributed by atoms with Crippen LogP contribution in [0.2, 0.25) is 0 Å². The van der Waals surface area contributed by atoms with E-state index in [1.54, 1.807) is 32.4 Å². The zero-order valence-electron chi connectivity index (χ0n) is 16.2. The third-order valence-corrected chi connectivity index (χ3v) is 5.64. The van der Waals surface area contributed by atoms with Gasteiger partial charge in [-0.15, -0.1) is 0 Å². The number of nitrogens with zero attached hydrogens (tertiary/aromatic N) is 2. The van der Waals surface area contributed by atoms with Crippen molar-refractivity contribution >= 4 is 5.91 Å². The van der Waals surface area contributed by atoms with Gasteiger partial charge < -0.3 is 19.7 Å². The topological polar surface area (TPSA) is 54.0 Å². The van der Waals surface area contributed by atoms with E-state index >= 15 is 0 Å². The summed E-state index contributed by atoms with van der Waals surface area (Å²) in [4.78, 5) is 17.7. The number of methoxy groups -OCH3 is 2. The highest BCUT2D eigenvalue weighted by atomic mass is 16.5. The van der Waals surface area contributed by atoms with Gasteiger partial charge in [0, 0.05) is 24.2 Å². The van der Waals surface area contributed by atoms with E-state index in [9.17, 15) is 4.79 Å². The monoisotopic (exact) mass is 361 g/mol. The summed E-state index contributed by atoms with van der Waals surface area (Å²) in [7, 11) is 5.37. The van der Waals surface area contributed by atoms with Crippen molar-refractivity contribution in [1.29, 1.82) is 0 Å². The molecule has 0 aliphatic carbocycles. The molecule has 0 aromatic heterocycles. The van der Waals surface area contributed by atoms with Crippen LogP contribution in [0, 0.1) is 0 Å². The van der Waals surface area contributed by atoms with E-state index in [2.05, 4.69) is 22.2 Å². The Hall–Kier alpha value is -1.79. The Morgan fingerprint density at radius 2 is 1.81 bits per heavy atom. The molecule has 6 heteroatoms. The maximum Gasteiger partial charge on any atom is 0.251 e. The van der Waals surface area contributed by atoms with E-state index in [0.29, 0.717) is 23.1 Å². The highest BCUT2D eigenvalue weighted by Crippen LogP contribution is 2.27. The number of ether oxygens (including phenoxy) is 2.